The second-order valence-corrected chi connectivity index (χ2v) is 6.40. The highest BCUT2D eigenvalue weighted by molar-refractivity contribution is 7.13. The lowest BCUT2D eigenvalue weighted by Crippen LogP contribution is -2.31. The second kappa shape index (κ2) is 7.48. The average Bonchev–Trinajstić information content (AvgIpc) is 2.75. The number of ether oxygens (including phenoxy) is 1. The van der Waals surface area contributed by atoms with Crippen molar-refractivity contribution in [3.05, 3.63) is 11.1 Å². The number of esters is 1. The third kappa shape index (κ3) is 5.59. The smallest absolute Gasteiger partial charge is 0.311 e. The molecule has 0 saturated heterocycles. The average molecular weight is 284 g/mol. The molecule has 0 aliphatic heterocycles. The van der Waals surface area contributed by atoms with Crippen LogP contribution in [-0.2, 0) is 16.0 Å². The van der Waals surface area contributed by atoms with Gasteiger partial charge in [-0.05, 0) is 11.8 Å². The summed E-state index contributed by atoms with van der Waals surface area (Å²) in [6.07, 6.45) is 0.254. The minimum Gasteiger partial charge on any atom is -0.469 e. The van der Waals surface area contributed by atoms with E-state index in [0.29, 0.717) is 11.8 Å². The number of thiazole rings is 1. The van der Waals surface area contributed by atoms with Gasteiger partial charge >= 0.3 is 5.97 Å². The predicted octanol–water partition coefficient (Wildman–Crippen LogP) is 2.98. The van der Waals surface area contributed by atoms with Gasteiger partial charge in [0.15, 0.2) is 5.13 Å². The van der Waals surface area contributed by atoms with Gasteiger partial charge in [-0.1, -0.05) is 27.7 Å². The summed E-state index contributed by atoms with van der Waals surface area (Å²) in [4.78, 5) is 18.1. The molecule has 0 atom stereocenters. The zero-order valence-corrected chi connectivity index (χ0v) is 13.3. The summed E-state index contributed by atoms with van der Waals surface area (Å²) in [5.41, 5.74) is 0.796. The molecular weight excluding hydrogens is 260 g/mol. The van der Waals surface area contributed by atoms with Gasteiger partial charge < -0.3 is 9.64 Å². The predicted molar refractivity (Wildman–Crippen MR) is 79.7 cm³/mol. The van der Waals surface area contributed by atoms with Crippen LogP contribution in [0.15, 0.2) is 5.38 Å². The summed E-state index contributed by atoms with van der Waals surface area (Å²) in [6.45, 7) is 10.8. The largest absolute Gasteiger partial charge is 0.469 e. The van der Waals surface area contributed by atoms with E-state index in [1.54, 1.807) is 11.3 Å². The highest BCUT2D eigenvalue weighted by Crippen LogP contribution is 2.23. The molecule has 0 N–H and O–H groups in total. The summed E-state index contributed by atoms with van der Waals surface area (Å²) in [5, 5.41) is 2.95. The molecule has 1 aromatic rings. The maximum Gasteiger partial charge on any atom is 0.311 e. The third-order valence-electron chi connectivity index (χ3n) is 2.53. The molecule has 0 fully saturated rings. The van der Waals surface area contributed by atoms with E-state index in [-0.39, 0.29) is 12.4 Å². The van der Waals surface area contributed by atoms with Gasteiger partial charge in [-0.15, -0.1) is 11.3 Å². The van der Waals surface area contributed by atoms with Gasteiger partial charge in [0.1, 0.15) is 0 Å². The Hall–Kier alpha value is -1.10. The fourth-order valence-corrected chi connectivity index (χ4v) is 2.70. The van der Waals surface area contributed by atoms with E-state index >= 15 is 0 Å². The van der Waals surface area contributed by atoms with Gasteiger partial charge in [0.2, 0.25) is 0 Å². The zero-order chi connectivity index (χ0) is 14.4. The van der Waals surface area contributed by atoms with Crippen molar-refractivity contribution in [2.24, 2.45) is 11.8 Å². The van der Waals surface area contributed by atoms with Crippen molar-refractivity contribution in [3.63, 3.8) is 0 Å². The van der Waals surface area contributed by atoms with E-state index in [9.17, 15) is 4.79 Å². The SMILES string of the molecule is COC(=O)Cc1csc(N(CC(C)C)CC(C)C)n1. The number of methoxy groups -OCH3 is 1. The van der Waals surface area contributed by atoms with E-state index in [4.69, 9.17) is 0 Å². The molecule has 108 valence electrons. The van der Waals surface area contributed by atoms with Crippen molar-refractivity contribution >= 4 is 22.4 Å². The van der Waals surface area contributed by atoms with Crippen LogP contribution in [0.3, 0.4) is 0 Å². The van der Waals surface area contributed by atoms with Gasteiger partial charge in [0.25, 0.3) is 0 Å². The van der Waals surface area contributed by atoms with Crippen LogP contribution < -0.4 is 4.90 Å². The Morgan fingerprint density at radius 2 is 1.89 bits per heavy atom. The lowest BCUT2D eigenvalue weighted by atomic mass is 10.1. The molecule has 0 amide bonds. The minimum absolute atomic E-state index is 0.240. The van der Waals surface area contributed by atoms with Gasteiger partial charge in [0.05, 0.1) is 19.2 Å². The molecule has 0 aromatic carbocycles. The zero-order valence-electron chi connectivity index (χ0n) is 12.5. The molecule has 0 aliphatic carbocycles. The number of carbonyl (C=O) groups is 1. The molecule has 0 radical (unpaired) electrons. The Balaban J connectivity index is 2.75. The van der Waals surface area contributed by atoms with Crippen LogP contribution in [0.5, 0.6) is 0 Å². The summed E-state index contributed by atoms with van der Waals surface area (Å²) in [5.74, 6) is 0.939. The Labute approximate surface area is 119 Å². The Bertz CT molecular complexity index is 392. The van der Waals surface area contributed by atoms with E-state index in [1.807, 2.05) is 5.38 Å². The van der Waals surface area contributed by atoms with Gasteiger partial charge in [0, 0.05) is 18.5 Å². The Morgan fingerprint density at radius 3 is 2.37 bits per heavy atom. The molecule has 1 heterocycles. The van der Waals surface area contributed by atoms with Crippen LogP contribution in [0.2, 0.25) is 0 Å². The quantitative estimate of drug-likeness (QED) is 0.722. The summed E-state index contributed by atoms with van der Waals surface area (Å²) in [6, 6.07) is 0. The van der Waals surface area contributed by atoms with Crippen molar-refractivity contribution in [1.29, 1.82) is 0 Å². The normalized spacial score (nSPS) is 11.1. The highest BCUT2D eigenvalue weighted by Gasteiger charge is 2.15. The van der Waals surface area contributed by atoms with Crippen molar-refractivity contribution in [3.8, 4) is 0 Å². The number of nitrogens with zero attached hydrogens (tertiary/aromatic N) is 2. The Morgan fingerprint density at radius 1 is 1.32 bits per heavy atom. The first-order valence-electron chi connectivity index (χ1n) is 6.68. The van der Waals surface area contributed by atoms with Crippen molar-refractivity contribution in [2.45, 2.75) is 34.1 Å². The fraction of sp³-hybridized carbons (Fsp3) is 0.714. The number of carbonyl (C=O) groups excluding carboxylic acids is 1. The summed E-state index contributed by atoms with van der Waals surface area (Å²) < 4.78 is 4.67. The molecule has 0 unspecified atom stereocenters. The Kier molecular flexibility index (Phi) is 6.28. The van der Waals surface area contributed by atoms with Crippen LogP contribution in [0.4, 0.5) is 5.13 Å². The first-order chi connectivity index (χ1) is 8.92. The van der Waals surface area contributed by atoms with E-state index in [1.165, 1.54) is 7.11 Å². The molecular formula is C14H24N2O2S. The molecule has 19 heavy (non-hydrogen) atoms. The molecule has 0 saturated carbocycles. The highest BCUT2D eigenvalue weighted by atomic mass is 32.1. The van der Waals surface area contributed by atoms with Gasteiger partial charge in [-0.3, -0.25) is 4.79 Å². The van der Waals surface area contributed by atoms with Crippen molar-refractivity contribution < 1.29 is 9.53 Å². The maximum absolute atomic E-state index is 11.2. The standard InChI is InChI=1S/C14H24N2O2S/c1-10(2)7-16(8-11(3)4)14-15-12(9-19-14)6-13(17)18-5/h9-11H,6-8H2,1-5H3. The van der Waals surface area contributed by atoms with E-state index < -0.39 is 0 Å². The second-order valence-electron chi connectivity index (χ2n) is 5.57. The molecule has 0 spiro atoms. The summed E-state index contributed by atoms with van der Waals surface area (Å²) >= 11 is 1.60. The fourth-order valence-electron chi connectivity index (χ4n) is 1.86. The number of hydrogen-bond donors (Lipinski definition) is 0. The molecule has 0 aliphatic rings. The monoisotopic (exact) mass is 284 g/mol. The molecule has 1 aromatic heterocycles. The van der Waals surface area contributed by atoms with Crippen molar-refractivity contribution in [2.75, 3.05) is 25.1 Å². The summed E-state index contributed by atoms with van der Waals surface area (Å²) in [7, 11) is 1.40. The lowest BCUT2D eigenvalue weighted by molar-refractivity contribution is -0.139. The maximum atomic E-state index is 11.2. The molecule has 1 rings (SSSR count). The number of hydrogen-bond acceptors (Lipinski definition) is 5. The van der Waals surface area contributed by atoms with E-state index in [0.717, 1.165) is 23.9 Å². The van der Waals surface area contributed by atoms with E-state index in [2.05, 4.69) is 42.3 Å². The van der Waals surface area contributed by atoms with Crippen molar-refractivity contribution in [1.82, 2.24) is 4.98 Å². The van der Waals surface area contributed by atoms with Gasteiger partial charge in [-0.2, -0.15) is 0 Å². The number of rotatable bonds is 7. The number of aromatic nitrogens is 1. The molecule has 4 nitrogen and oxygen atoms in total. The molecule has 5 heteroatoms. The van der Waals surface area contributed by atoms with Gasteiger partial charge in [-0.25, -0.2) is 4.98 Å². The van der Waals surface area contributed by atoms with Crippen LogP contribution in [-0.4, -0.2) is 31.2 Å². The van der Waals surface area contributed by atoms with Crippen LogP contribution in [0.1, 0.15) is 33.4 Å². The van der Waals surface area contributed by atoms with Crippen LogP contribution in [0, 0.1) is 11.8 Å². The van der Waals surface area contributed by atoms with Crippen LogP contribution in [0.25, 0.3) is 0 Å². The first-order valence-corrected chi connectivity index (χ1v) is 7.56. The lowest BCUT2D eigenvalue weighted by Gasteiger charge is -2.25. The third-order valence-corrected chi connectivity index (χ3v) is 3.48. The number of anilines is 1. The first kappa shape index (κ1) is 16.0. The molecule has 0 bridgehead atoms. The minimum atomic E-state index is -0.240. The topological polar surface area (TPSA) is 42.4 Å². The van der Waals surface area contributed by atoms with Crippen LogP contribution >= 0.6 is 11.3 Å².